The van der Waals surface area contributed by atoms with Gasteiger partial charge in [0, 0.05) is 0 Å². The van der Waals surface area contributed by atoms with Crippen LogP contribution in [0.2, 0.25) is 6.82 Å². The first-order chi connectivity index (χ1) is 4.74. The third kappa shape index (κ3) is 1.24. The van der Waals surface area contributed by atoms with Crippen LogP contribution in [0.1, 0.15) is 0 Å². The van der Waals surface area contributed by atoms with E-state index in [9.17, 15) is 0 Å². The lowest BCUT2D eigenvalue weighted by atomic mass is 9.73. The molecule has 2 N–H and O–H groups in total. The summed E-state index contributed by atoms with van der Waals surface area (Å²) in [6.07, 6.45) is 0. The Bertz CT molecular complexity index is 235. The molecule has 0 unspecified atom stereocenters. The fourth-order valence-electron chi connectivity index (χ4n) is 0.720. The van der Waals surface area contributed by atoms with Crippen LogP contribution in [-0.2, 0) is 0 Å². The first-order valence-electron chi connectivity index (χ1n) is 3.05. The molecule has 1 radical (unpaired) electrons. The van der Waals surface area contributed by atoms with Crippen LogP contribution in [0.5, 0.6) is 11.5 Å². The molecule has 0 aromatic heterocycles. The number of hydrogen-bond donors (Lipinski definition) is 2. The van der Waals surface area contributed by atoms with Gasteiger partial charge in [0.15, 0.2) is 11.5 Å². The summed E-state index contributed by atoms with van der Waals surface area (Å²) in [5.74, 6) is -0.152. The highest BCUT2D eigenvalue weighted by atomic mass is 16.3. The number of aromatic hydroxyl groups is 2. The molecule has 10 heavy (non-hydrogen) atoms. The van der Waals surface area contributed by atoms with Gasteiger partial charge in [0.05, 0.1) is 0 Å². The zero-order chi connectivity index (χ0) is 7.56. The van der Waals surface area contributed by atoms with Crippen molar-refractivity contribution in [2.75, 3.05) is 0 Å². The number of hydrogen-bond acceptors (Lipinski definition) is 2. The van der Waals surface area contributed by atoms with Crippen molar-refractivity contribution in [3.05, 3.63) is 18.2 Å². The molecule has 0 aliphatic carbocycles. The molecular formula is C7H8BO2. The van der Waals surface area contributed by atoms with E-state index in [1.807, 2.05) is 14.1 Å². The van der Waals surface area contributed by atoms with E-state index in [0.717, 1.165) is 5.46 Å². The molecule has 0 saturated carbocycles. The van der Waals surface area contributed by atoms with Crippen LogP contribution in [-0.4, -0.2) is 17.5 Å². The Labute approximate surface area is 60.4 Å². The molecule has 0 fully saturated rings. The second-order valence-corrected chi connectivity index (χ2v) is 2.04. The second-order valence-electron chi connectivity index (χ2n) is 2.04. The largest absolute Gasteiger partial charge is 0.504 e. The average molecular weight is 135 g/mol. The van der Waals surface area contributed by atoms with Crippen molar-refractivity contribution in [2.24, 2.45) is 0 Å². The highest BCUT2D eigenvalue weighted by molar-refractivity contribution is 6.52. The summed E-state index contributed by atoms with van der Waals surface area (Å²) in [5.41, 5.74) is 0.898. The molecule has 2 nitrogen and oxygen atoms in total. The Morgan fingerprint density at radius 3 is 2.40 bits per heavy atom. The van der Waals surface area contributed by atoms with Crippen molar-refractivity contribution < 1.29 is 10.2 Å². The molecule has 1 aromatic carbocycles. The van der Waals surface area contributed by atoms with E-state index in [0.29, 0.717) is 0 Å². The van der Waals surface area contributed by atoms with Crippen LogP contribution in [0.15, 0.2) is 18.2 Å². The Morgan fingerprint density at radius 1 is 1.20 bits per heavy atom. The van der Waals surface area contributed by atoms with Crippen molar-refractivity contribution in [2.45, 2.75) is 6.82 Å². The van der Waals surface area contributed by atoms with Crippen molar-refractivity contribution in [3.8, 4) is 11.5 Å². The molecule has 0 saturated heterocycles. The first kappa shape index (κ1) is 7.00. The van der Waals surface area contributed by atoms with Gasteiger partial charge in [0.1, 0.15) is 7.28 Å². The van der Waals surface area contributed by atoms with Gasteiger partial charge in [-0.1, -0.05) is 18.4 Å². The van der Waals surface area contributed by atoms with E-state index in [1.54, 1.807) is 6.07 Å². The molecule has 0 amide bonds. The lowest BCUT2D eigenvalue weighted by Crippen LogP contribution is -2.08. The summed E-state index contributed by atoms with van der Waals surface area (Å²) in [6, 6.07) is 4.70. The molecule has 3 heteroatoms. The number of phenolic OH excluding ortho intramolecular Hbond substituents is 2. The number of rotatable bonds is 1. The average Bonchev–Trinajstić information content (AvgIpc) is 1.95. The predicted octanol–water partition coefficient (Wildman–Crippen LogP) is 0.475. The van der Waals surface area contributed by atoms with Crippen molar-refractivity contribution in [3.63, 3.8) is 0 Å². The van der Waals surface area contributed by atoms with Gasteiger partial charge in [-0.3, -0.25) is 0 Å². The van der Waals surface area contributed by atoms with E-state index >= 15 is 0 Å². The topological polar surface area (TPSA) is 40.5 Å². The van der Waals surface area contributed by atoms with E-state index in [4.69, 9.17) is 10.2 Å². The summed E-state index contributed by atoms with van der Waals surface area (Å²) >= 11 is 0. The SMILES string of the molecule is C[B]c1ccc(O)c(O)c1. The normalized spacial score (nSPS) is 9.30. The van der Waals surface area contributed by atoms with Gasteiger partial charge in [-0.15, -0.1) is 0 Å². The monoisotopic (exact) mass is 135 g/mol. The third-order valence-electron chi connectivity index (χ3n) is 1.33. The first-order valence-corrected chi connectivity index (χ1v) is 3.05. The van der Waals surface area contributed by atoms with E-state index in [1.165, 1.54) is 12.1 Å². The lowest BCUT2D eigenvalue weighted by Gasteiger charge is -1.98. The minimum absolute atomic E-state index is 0.0735. The van der Waals surface area contributed by atoms with Gasteiger partial charge in [0.2, 0.25) is 0 Å². The summed E-state index contributed by atoms with van der Waals surface area (Å²) < 4.78 is 0. The number of phenols is 2. The van der Waals surface area contributed by atoms with E-state index < -0.39 is 0 Å². The van der Waals surface area contributed by atoms with Crippen LogP contribution in [0.4, 0.5) is 0 Å². The van der Waals surface area contributed by atoms with Crippen molar-refractivity contribution in [1.29, 1.82) is 0 Å². The minimum atomic E-state index is -0.0781. The molecule has 0 atom stereocenters. The Morgan fingerprint density at radius 2 is 1.90 bits per heavy atom. The van der Waals surface area contributed by atoms with E-state index in [2.05, 4.69) is 0 Å². The fraction of sp³-hybridized carbons (Fsp3) is 0.143. The standard InChI is InChI=1S/C7H8BO2/c1-8-5-2-3-6(9)7(10)4-5/h2-4,9-10H,1H3. The summed E-state index contributed by atoms with van der Waals surface area (Å²) in [7, 11) is 1.85. The highest BCUT2D eigenvalue weighted by Crippen LogP contribution is 2.20. The van der Waals surface area contributed by atoms with Gasteiger partial charge in [-0.2, -0.15) is 0 Å². The quantitative estimate of drug-likeness (QED) is 0.434. The molecule has 51 valence electrons. The molecule has 1 aromatic rings. The maximum atomic E-state index is 8.96. The smallest absolute Gasteiger partial charge is 0.157 e. The Balaban J connectivity index is 3.04. The van der Waals surface area contributed by atoms with Crippen LogP contribution in [0.25, 0.3) is 0 Å². The fourth-order valence-corrected chi connectivity index (χ4v) is 0.720. The van der Waals surface area contributed by atoms with Crippen molar-refractivity contribution >= 4 is 12.7 Å². The van der Waals surface area contributed by atoms with E-state index in [-0.39, 0.29) is 11.5 Å². The number of benzene rings is 1. The van der Waals surface area contributed by atoms with Crippen LogP contribution in [0.3, 0.4) is 0 Å². The predicted molar refractivity (Wildman–Crippen MR) is 41.0 cm³/mol. The highest BCUT2D eigenvalue weighted by Gasteiger charge is 1.97. The van der Waals surface area contributed by atoms with Gasteiger partial charge in [-0.05, 0) is 12.1 Å². The van der Waals surface area contributed by atoms with Gasteiger partial charge in [0.25, 0.3) is 0 Å². The molecule has 0 aliphatic rings. The van der Waals surface area contributed by atoms with Crippen LogP contribution in [0, 0.1) is 0 Å². The zero-order valence-electron chi connectivity index (χ0n) is 5.70. The second kappa shape index (κ2) is 2.65. The molecule has 1 rings (SSSR count). The summed E-state index contributed by atoms with van der Waals surface area (Å²) in [5, 5.41) is 17.8. The maximum Gasteiger partial charge on any atom is 0.157 e. The van der Waals surface area contributed by atoms with Gasteiger partial charge >= 0.3 is 0 Å². The summed E-state index contributed by atoms with van der Waals surface area (Å²) in [6.45, 7) is 1.87. The zero-order valence-corrected chi connectivity index (χ0v) is 5.70. The molecule has 0 heterocycles. The molecule has 0 spiro atoms. The lowest BCUT2D eigenvalue weighted by molar-refractivity contribution is 0.404. The van der Waals surface area contributed by atoms with Crippen molar-refractivity contribution in [1.82, 2.24) is 0 Å². The third-order valence-corrected chi connectivity index (χ3v) is 1.33. The molecule has 0 aliphatic heterocycles. The Hall–Kier alpha value is -1.12. The van der Waals surface area contributed by atoms with Crippen LogP contribution < -0.4 is 5.46 Å². The Kier molecular flexibility index (Phi) is 1.85. The maximum absolute atomic E-state index is 8.96. The van der Waals surface area contributed by atoms with Gasteiger partial charge in [-0.25, -0.2) is 0 Å². The molecule has 0 bridgehead atoms. The van der Waals surface area contributed by atoms with Gasteiger partial charge < -0.3 is 10.2 Å². The molecular weight excluding hydrogens is 127 g/mol. The summed E-state index contributed by atoms with van der Waals surface area (Å²) in [4.78, 5) is 0. The minimum Gasteiger partial charge on any atom is -0.504 e. The van der Waals surface area contributed by atoms with Crippen LogP contribution >= 0.6 is 0 Å².